The quantitative estimate of drug-likeness (QED) is 0.806. The van der Waals surface area contributed by atoms with Gasteiger partial charge in [0.1, 0.15) is 0 Å². The predicted octanol–water partition coefficient (Wildman–Crippen LogP) is 2.94. The fourth-order valence-corrected chi connectivity index (χ4v) is 3.23. The van der Waals surface area contributed by atoms with Crippen LogP contribution in [0, 0.1) is 0 Å². The van der Waals surface area contributed by atoms with Crippen molar-refractivity contribution in [1.29, 1.82) is 0 Å². The molecule has 2 N–H and O–H groups in total. The highest BCUT2D eigenvalue weighted by molar-refractivity contribution is 5.45. The van der Waals surface area contributed by atoms with E-state index in [1.165, 1.54) is 37.7 Å². The average Bonchev–Trinajstić information content (AvgIpc) is 2.84. The summed E-state index contributed by atoms with van der Waals surface area (Å²) in [6.07, 6.45) is 6.20. The number of nitrogens with two attached hydrogens (primary N) is 1. The van der Waals surface area contributed by atoms with Gasteiger partial charge in [0.15, 0.2) is 0 Å². The molecule has 1 aromatic rings. The van der Waals surface area contributed by atoms with Gasteiger partial charge in [-0.3, -0.25) is 0 Å². The lowest BCUT2D eigenvalue weighted by atomic mass is 9.73. The Morgan fingerprint density at radius 2 is 1.94 bits per heavy atom. The SMILES string of the molecule is CC(C)(c1cccc2c1CCC2)C1(N)CC1. The number of hydrogen-bond acceptors (Lipinski definition) is 1. The smallest absolute Gasteiger partial charge is 0.0248 e. The van der Waals surface area contributed by atoms with Gasteiger partial charge in [0.05, 0.1) is 0 Å². The summed E-state index contributed by atoms with van der Waals surface area (Å²) >= 11 is 0. The molecule has 0 unspecified atom stereocenters. The highest BCUT2D eigenvalue weighted by Gasteiger charge is 2.52. The van der Waals surface area contributed by atoms with Crippen molar-refractivity contribution in [2.24, 2.45) is 5.73 Å². The highest BCUT2D eigenvalue weighted by Crippen LogP contribution is 2.50. The fraction of sp³-hybridized carbons (Fsp3) is 0.600. The van der Waals surface area contributed by atoms with Gasteiger partial charge in [0, 0.05) is 11.0 Å². The minimum Gasteiger partial charge on any atom is -0.324 e. The second-order valence-electron chi connectivity index (χ2n) is 6.08. The molecular formula is C15H21N. The lowest BCUT2D eigenvalue weighted by Crippen LogP contribution is -2.43. The molecular weight excluding hydrogens is 194 g/mol. The van der Waals surface area contributed by atoms with Gasteiger partial charge in [-0.2, -0.15) is 0 Å². The van der Waals surface area contributed by atoms with Crippen LogP contribution in [0.2, 0.25) is 0 Å². The van der Waals surface area contributed by atoms with Crippen molar-refractivity contribution >= 4 is 0 Å². The third-order valence-corrected chi connectivity index (χ3v) is 4.85. The molecule has 2 aliphatic carbocycles. The second-order valence-corrected chi connectivity index (χ2v) is 6.08. The zero-order valence-electron chi connectivity index (χ0n) is 10.3. The maximum absolute atomic E-state index is 6.45. The molecule has 0 heterocycles. The molecule has 0 atom stereocenters. The lowest BCUT2D eigenvalue weighted by Gasteiger charge is -2.34. The third-order valence-electron chi connectivity index (χ3n) is 4.85. The number of fused-ring (bicyclic) bond motifs is 1. The molecule has 1 heteroatoms. The summed E-state index contributed by atoms with van der Waals surface area (Å²) in [6, 6.07) is 6.81. The Morgan fingerprint density at radius 1 is 1.19 bits per heavy atom. The van der Waals surface area contributed by atoms with Crippen molar-refractivity contribution in [1.82, 2.24) is 0 Å². The van der Waals surface area contributed by atoms with Gasteiger partial charge < -0.3 is 5.73 Å². The van der Waals surface area contributed by atoms with Crippen LogP contribution in [0.25, 0.3) is 0 Å². The maximum atomic E-state index is 6.45. The van der Waals surface area contributed by atoms with Crippen molar-refractivity contribution in [3.8, 4) is 0 Å². The van der Waals surface area contributed by atoms with Crippen LogP contribution in [0.1, 0.15) is 49.8 Å². The van der Waals surface area contributed by atoms with Crippen LogP contribution < -0.4 is 5.73 Å². The Balaban J connectivity index is 2.10. The largest absolute Gasteiger partial charge is 0.324 e. The maximum Gasteiger partial charge on any atom is 0.0248 e. The summed E-state index contributed by atoms with van der Waals surface area (Å²) in [4.78, 5) is 0. The van der Waals surface area contributed by atoms with Gasteiger partial charge in [-0.15, -0.1) is 0 Å². The van der Waals surface area contributed by atoms with Gasteiger partial charge in [-0.05, 0) is 48.8 Å². The first-order chi connectivity index (χ1) is 7.55. The zero-order chi connectivity index (χ0) is 11.4. The van der Waals surface area contributed by atoms with E-state index in [-0.39, 0.29) is 11.0 Å². The molecule has 0 radical (unpaired) electrons. The Bertz CT molecular complexity index is 427. The molecule has 0 amide bonds. The number of benzene rings is 1. The molecule has 1 nitrogen and oxygen atoms in total. The van der Waals surface area contributed by atoms with Crippen LogP contribution >= 0.6 is 0 Å². The molecule has 0 aliphatic heterocycles. The molecule has 3 rings (SSSR count). The Labute approximate surface area is 98.0 Å². The van der Waals surface area contributed by atoms with E-state index < -0.39 is 0 Å². The van der Waals surface area contributed by atoms with Crippen molar-refractivity contribution in [2.45, 2.75) is 56.9 Å². The molecule has 2 aliphatic rings. The van der Waals surface area contributed by atoms with Gasteiger partial charge in [0.25, 0.3) is 0 Å². The van der Waals surface area contributed by atoms with E-state index >= 15 is 0 Å². The van der Waals surface area contributed by atoms with E-state index in [9.17, 15) is 0 Å². The summed E-state index contributed by atoms with van der Waals surface area (Å²) in [5, 5.41) is 0. The summed E-state index contributed by atoms with van der Waals surface area (Å²) in [5.41, 5.74) is 11.3. The molecule has 0 spiro atoms. The van der Waals surface area contributed by atoms with Crippen LogP contribution in [-0.2, 0) is 18.3 Å². The number of rotatable bonds is 2. The minimum atomic E-state index is 0.0602. The number of aryl methyl sites for hydroxylation is 1. The van der Waals surface area contributed by atoms with E-state index in [1.807, 2.05) is 0 Å². The fourth-order valence-electron chi connectivity index (χ4n) is 3.23. The van der Waals surface area contributed by atoms with Gasteiger partial charge >= 0.3 is 0 Å². The van der Waals surface area contributed by atoms with E-state index in [1.54, 1.807) is 11.1 Å². The Morgan fingerprint density at radius 3 is 2.62 bits per heavy atom. The summed E-state index contributed by atoms with van der Waals surface area (Å²) in [5.74, 6) is 0. The lowest BCUT2D eigenvalue weighted by molar-refractivity contribution is 0.388. The van der Waals surface area contributed by atoms with Crippen LogP contribution in [0.5, 0.6) is 0 Å². The van der Waals surface area contributed by atoms with Gasteiger partial charge in [-0.1, -0.05) is 32.0 Å². The summed E-state index contributed by atoms with van der Waals surface area (Å²) in [7, 11) is 0. The standard InChI is InChI=1S/C15H21N/c1-14(2,15(16)9-10-15)13-8-4-6-11-5-3-7-12(11)13/h4,6,8H,3,5,7,9-10,16H2,1-2H3. The van der Waals surface area contributed by atoms with Crippen LogP contribution in [0.3, 0.4) is 0 Å². The molecule has 1 aromatic carbocycles. The Hall–Kier alpha value is -0.820. The second kappa shape index (κ2) is 3.10. The first-order valence-electron chi connectivity index (χ1n) is 6.45. The summed E-state index contributed by atoms with van der Waals surface area (Å²) in [6.45, 7) is 4.65. The molecule has 1 fully saturated rings. The molecule has 0 aromatic heterocycles. The van der Waals surface area contributed by atoms with E-state index in [0.29, 0.717) is 0 Å². The monoisotopic (exact) mass is 215 g/mol. The van der Waals surface area contributed by atoms with Gasteiger partial charge in [0.2, 0.25) is 0 Å². The van der Waals surface area contributed by atoms with E-state index in [2.05, 4.69) is 32.0 Å². The van der Waals surface area contributed by atoms with Crippen molar-refractivity contribution < 1.29 is 0 Å². The van der Waals surface area contributed by atoms with Crippen molar-refractivity contribution in [3.05, 3.63) is 34.9 Å². The molecule has 86 valence electrons. The van der Waals surface area contributed by atoms with Crippen molar-refractivity contribution in [2.75, 3.05) is 0 Å². The normalized spacial score (nSPS) is 21.9. The van der Waals surface area contributed by atoms with E-state index in [0.717, 1.165) is 0 Å². The first kappa shape index (κ1) is 10.3. The third kappa shape index (κ3) is 1.27. The summed E-state index contributed by atoms with van der Waals surface area (Å²) < 4.78 is 0. The molecule has 1 saturated carbocycles. The average molecular weight is 215 g/mol. The topological polar surface area (TPSA) is 26.0 Å². The van der Waals surface area contributed by atoms with Gasteiger partial charge in [-0.25, -0.2) is 0 Å². The van der Waals surface area contributed by atoms with E-state index in [4.69, 9.17) is 5.73 Å². The van der Waals surface area contributed by atoms with Crippen LogP contribution in [0.15, 0.2) is 18.2 Å². The molecule has 0 saturated heterocycles. The predicted molar refractivity (Wildman–Crippen MR) is 67.6 cm³/mol. The van der Waals surface area contributed by atoms with Crippen LogP contribution in [-0.4, -0.2) is 5.54 Å². The molecule has 0 bridgehead atoms. The molecule has 16 heavy (non-hydrogen) atoms. The zero-order valence-corrected chi connectivity index (χ0v) is 10.3. The van der Waals surface area contributed by atoms with Crippen LogP contribution in [0.4, 0.5) is 0 Å². The number of hydrogen-bond donors (Lipinski definition) is 1. The van der Waals surface area contributed by atoms with Crippen molar-refractivity contribution in [3.63, 3.8) is 0 Å². The Kier molecular flexibility index (Phi) is 2.00. The first-order valence-corrected chi connectivity index (χ1v) is 6.45. The minimum absolute atomic E-state index is 0.0602. The highest BCUT2D eigenvalue weighted by atomic mass is 14.9.